The first-order valence-electron chi connectivity index (χ1n) is 6.36. The van der Waals surface area contributed by atoms with Crippen LogP contribution in [0.1, 0.15) is 34.1 Å². The van der Waals surface area contributed by atoms with Crippen molar-refractivity contribution in [1.82, 2.24) is 9.97 Å². The van der Waals surface area contributed by atoms with Crippen molar-refractivity contribution >= 4 is 21.7 Å². The minimum atomic E-state index is 0.128. The Morgan fingerprint density at radius 1 is 1.28 bits per heavy atom. The number of nitrogens with zero attached hydrogens (tertiary/aromatic N) is 3. The van der Waals surface area contributed by atoms with Gasteiger partial charge < -0.3 is 9.64 Å². The van der Waals surface area contributed by atoms with Crippen LogP contribution in [0.25, 0.3) is 0 Å². The Morgan fingerprint density at radius 2 is 2.00 bits per heavy atom. The lowest BCUT2D eigenvalue weighted by molar-refractivity contribution is 0.232. The third-order valence-electron chi connectivity index (χ3n) is 2.43. The monoisotopic (exact) mass is 315 g/mol. The molecule has 18 heavy (non-hydrogen) atoms. The summed E-state index contributed by atoms with van der Waals surface area (Å²) in [7, 11) is 0. The molecule has 1 aromatic rings. The lowest BCUT2D eigenvalue weighted by Crippen LogP contribution is -2.32. The van der Waals surface area contributed by atoms with Crippen LogP contribution < -0.4 is 9.64 Å². The summed E-state index contributed by atoms with van der Waals surface area (Å²) in [5.74, 6) is 1.57. The summed E-state index contributed by atoms with van der Waals surface area (Å²) in [6.07, 6.45) is 2.78. The summed E-state index contributed by atoms with van der Waals surface area (Å²) in [5.41, 5.74) is 0. The zero-order chi connectivity index (χ0) is 13.5. The second-order valence-electron chi connectivity index (χ2n) is 4.71. The van der Waals surface area contributed by atoms with E-state index in [0.29, 0.717) is 11.9 Å². The molecule has 0 saturated carbocycles. The molecule has 0 saturated heterocycles. The fourth-order valence-corrected chi connectivity index (χ4v) is 1.91. The Bertz CT molecular complexity index is 358. The Morgan fingerprint density at radius 3 is 2.56 bits per heavy atom. The van der Waals surface area contributed by atoms with Crippen molar-refractivity contribution in [3.05, 3.63) is 12.4 Å². The number of ether oxygens (including phenoxy) is 1. The van der Waals surface area contributed by atoms with Gasteiger partial charge in [-0.3, -0.25) is 0 Å². The van der Waals surface area contributed by atoms with E-state index in [-0.39, 0.29) is 6.10 Å². The fraction of sp³-hybridized carbons (Fsp3) is 0.692. The second kappa shape index (κ2) is 7.56. The van der Waals surface area contributed by atoms with Crippen LogP contribution in [0, 0.1) is 0 Å². The number of aromatic nitrogens is 2. The summed E-state index contributed by atoms with van der Waals surface area (Å²) in [6, 6.07) is 2.32. The third-order valence-corrected chi connectivity index (χ3v) is 3.00. The van der Waals surface area contributed by atoms with Gasteiger partial charge in [0, 0.05) is 24.0 Å². The van der Waals surface area contributed by atoms with Crippen molar-refractivity contribution in [2.24, 2.45) is 0 Å². The van der Waals surface area contributed by atoms with Crippen LogP contribution in [0.5, 0.6) is 5.88 Å². The van der Waals surface area contributed by atoms with E-state index in [1.807, 2.05) is 19.9 Å². The molecule has 5 heteroatoms. The smallest absolute Gasteiger partial charge is 0.218 e. The number of anilines is 1. The van der Waals surface area contributed by atoms with E-state index in [0.717, 1.165) is 24.1 Å². The topological polar surface area (TPSA) is 38.2 Å². The molecule has 0 unspecified atom stereocenters. The Kier molecular flexibility index (Phi) is 6.39. The molecule has 1 rings (SSSR count). The van der Waals surface area contributed by atoms with Crippen LogP contribution in [0.3, 0.4) is 0 Å². The Hall–Kier alpha value is -0.840. The van der Waals surface area contributed by atoms with Gasteiger partial charge in [-0.15, -0.1) is 0 Å². The normalized spacial score (nSPS) is 11.1. The van der Waals surface area contributed by atoms with Crippen molar-refractivity contribution in [1.29, 1.82) is 0 Å². The van der Waals surface area contributed by atoms with E-state index in [1.165, 1.54) is 0 Å². The highest BCUT2D eigenvalue weighted by atomic mass is 79.9. The highest BCUT2D eigenvalue weighted by Gasteiger charge is 2.13. The lowest BCUT2D eigenvalue weighted by atomic mass is 10.3. The summed E-state index contributed by atoms with van der Waals surface area (Å²) in [5, 5.41) is 0.997. The number of hydrogen-bond acceptors (Lipinski definition) is 4. The van der Waals surface area contributed by atoms with Crippen LogP contribution in [0.15, 0.2) is 12.4 Å². The minimum Gasteiger partial charge on any atom is -0.475 e. The molecule has 0 bridgehead atoms. The predicted molar refractivity (Wildman–Crippen MR) is 78.7 cm³/mol. The molecule has 1 heterocycles. The van der Waals surface area contributed by atoms with E-state index in [9.17, 15) is 0 Å². The van der Waals surface area contributed by atoms with Gasteiger partial charge in [-0.05, 0) is 34.1 Å². The van der Waals surface area contributed by atoms with E-state index in [1.54, 1.807) is 6.33 Å². The van der Waals surface area contributed by atoms with E-state index >= 15 is 0 Å². The maximum atomic E-state index is 5.60. The summed E-state index contributed by atoms with van der Waals surface area (Å²) in [6.45, 7) is 9.29. The van der Waals surface area contributed by atoms with Crippen LogP contribution in [-0.2, 0) is 0 Å². The quantitative estimate of drug-likeness (QED) is 0.724. The molecule has 0 spiro atoms. The first kappa shape index (κ1) is 15.2. The maximum absolute atomic E-state index is 5.60. The number of rotatable bonds is 7. The third kappa shape index (κ3) is 4.80. The Balaban J connectivity index is 2.83. The first-order chi connectivity index (χ1) is 8.54. The van der Waals surface area contributed by atoms with Crippen molar-refractivity contribution in [2.75, 3.05) is 16.8 Å². The second-order valence-corrected chi connectivity index (χ2v) is 5.50. The van der Waals surface area contributed by atoms with Crippen LogP contribution >= 0.6 is 15.9 Å². The number of halogens is 1. The zero-order valence-electron chi connectivity index (χ0n) is 11.6. The molecule has 0 aliphatic rings. The van der Waals surface area contributed by atoms with Crippen LogP contribution in [-0.4, -0.2) is 34.0 Å². The van der Waals surface area contributed by atoms with Gasteiger partial charge in [0.25, 0.3) is 0 Å². The van der Waals surface area contributed by atoms with Crippen molar-refractivity contribution in [3.63, 3.8) is 0 Å². The van der Waals surface area contributed by atoms with Gasteiger partial charge in [-0.25, -0.2) is 9.97 Å². The molecule has 0 fully saturated rings. The van der Waals surface area contributed by atoms with Crippen molar-refractivity contribution in [3.8, 4) is 5.88 Å². The van der Waals surface area contributed by atoms with Gasteiger partial charge in [-0.2, -0.15) is 0 Å². The van der Waals surface area contributed by atoms with Crippen LogP contribution in [0.4, 0.5) is 5.82 Å². The molecule has 0 radical (unpaired) electrons. The molecule has 4 nitrogen and oxygen atoms in total. The molecule has 0 aliphatic carbocycles. The SMILES string of the molecule is CC(C)Oc1cc(N(CCCBr)C(C)C)ncn1. The molecule has 102 valence electrons. The number of hydrogen-bond donors (Lipinski definition) is 0. The van der Waals surface area contributed by atoms with Gasteiger partial charge in [0.05, 0.1) is 6.10 Å². The summed E-state index contributed by atoms with van der Waals surface area (Å²) in [4.78, 5) is 10.7. The van der Waals surface area contributed by atoms with Gasteiger partial charge in [-0.1, -0.05) is 15.9 Å². The van der Waals surface area contributed by atoms with Crippen molar-refractivity contribution in [2.45, 2.75) is 46.3 Å². The molecule has 0 aliphatic heterocycles. The standard InChI is InChI=1S/C13H22BrN3O/c1-10(2)17(7-5-6-14)12-8-13(16-9-15-12)18-11(3)4/h8-11H,5-7H2,1-4H3. The molecule has 0 atom stereocenters. The van der Waals surface area contributed by atoms with Crippen molar-refractivity contribution < 1.29 is 4.74 Å². The summed E-state index contributed by atoms with van der Waals surface area (Å²) >= 11 is 3.46. The lowest BCUT2D eigenvalue weighted by Gasteiger charge is -2.27. The maximum Gasteiger partial charge on any atom is 0.218 e. The van der Waals surface area contributed by atoms with Crippen LogP contribution in [0.2, 0.25) is 0 Å². The first-order valence-corrected chi connectivity index (χ1v) is 7.48. The van der Waals surface area contributed by atoms with Gasteiger partial charge in [0.15, 0.2) is 0 Å². The van der Waals surface area contributed by atoms with E-state index < -0.39 is 0 Å². The van der Waals surface area contributed by atoms with Gasteiger partial charge in [0.2, 0.25) is 5.88 Å². The molecular formula is C13H22BrN3O. The fourth-order valence-electron chi connectivity index (χ4n) is 1.66. The van der Waals surface area contributed by atoms with Gasteiger partial charge in [0.1, 0.15) is 12.1 Å². The summed E-state index contributed by atoms with van der Waals surface area (Å²) < 4.78 is 5.60. The Labute approximate surface area is 118 Å². The van der Waals surface area contributed by atoms with Gasteiger partial charge >= 0.3 is 0 Å². The number of alkyl halides is 1. The minimum absolute atomic E-state index is 0.128. The average molecular weight is 316 g/mol. The molecule has 0 N–H and O–H groups in total. The highest BCUT2D eigenvalue weighted by molar-refractivity contribution is 9.09. The molecule has 1 aromatic heterocycles. The predicted octanol–water partition coefficient (Wildman–Crippen LogP) is 3.26. The van der Waals surface area contributed by atoms with E-state index in [2.05, 4.69) is 44.6 Å². The average Bonchev–Trinajstić information content (AvgIpc) is 2.28. The molecular weight excluding hydrogens is 294 g/mol. The van der Waals surface area contributed by atoms with E-state index in [4.69, 9.17) is 4.74 Å². The highest BCUT2D eigenvalue weighted by Crippen LogP contribution is 2.19. The molecule has 0 amide bonds. The zero-order valence-corrected chi connectivity index (χ0v) is 13.1. The largest absolute Gasteiger partial charge is 0.475 e. The molecule has 0 aromatic carbocycles.